The molecule has 4 heteroatoms. The number of rotatable bonds is 4. The number of aryl methyl sites for hydroxylation is 2. The lowest BCUT2D eigenvalue weighted by molar-refractivity contribution is 0.0523. The van der Waals surface area contributed by atoms with Gasteiger partial charge in [-0.2, -0.15) is 5.10 Å². The Hall–Kier alpha value is -1.32. The number of hydrogen-bond acceptors (Lipinski definition) is 3. The van der Waals surface area contributed by atoms with Crippen LogP contribution in [-0.2, 0) is 24.1 Å². The summed E-state index contributed by atoms with van der Waals surface area (Å²) in [7, 11) is 0. The van der Waals surface area contributed by atoms with Gasteiger partial charge in [-0.25, -0.2) is 4.79 Å². The topological polar surface area (TPSA) is 44.1 Å². The maximum absolute atomic E-state index is 12.1. The highest BCUT2D eigenvalue weighted by molar-refractivity contribution is 5.92. The molecular weight excluding hydrogens is 240 g/mol. The summed E-state index contributed by atoms with van der Waals surface area (Å²) in [5, 5.41) is 4.62. The van der Waals surface area contributed by atoms with E-state index in [0.717, 1.165) is 55.1 Å². The van der Waals surface area contributed by atoms with Crippen LogP contribution in [0.15, 0.2) is 0 Å². The Balaban J connectivity index is 2.33. The molecule has 2 rings (SSSR count). The molecule has 2 heterocycles. The second-order valence-corrected chi connectivity index (χ2v) is 5.17. The normalized spacial score (nSPS) is 18.8. The fourth-order valence-corrected chi connectivity index (χ4v) is 2.88. The second kappa shape index (κ2) is 6.22. The highest BCUT2D eigenvalue weighted by atomic mass is 16.5. The molecule has 0 saturated carbocycles. The first-order chi connectivity index (χ1) is 9.21. The maximum atomic E-state index is 12.1. The van der Waals surface area contributed by atoms with E-state index in [1.165, 1.54) is 6.42 Å². The molecule has 1 aromatic rings. The molecule has 0 saturated heterocycles. The molecule has 19 heavy (non-hydrogen) atoms. The number of hydrogen-bond donors (Lipinski definition) is 0. The van der Waals surface area contributed by atoms with Crippen LogP contribution in [-0.4, -0.2) is 22.4 Å². The number of aromatic nitrogens is 2. The van der Waals surface area contributed by atoms with Crippen molar-refractivity contribution in [1.29, 1.82) is 0 Å². The van der Waals surface area contributed by atoms with Crippen molar-refractivity contribution in [2.45, 2.75) is 59.4 Å². The van der Waals surface area contributed by atoms with Gasteiger partial charge in [0.15, 0.2) is 0 Å². The summed E-state index contributed by atoms with van der Waals surface area (Å²) in [5.74, 6) is 0.553. The van der Waals surface area contributed by atoms with Crippen molar-refractivity contribution in [3.63, 3.8) is 0 Å². The first-order valence-corrected chi connectivity index (χ1v) is 7.46. The minimum Gasteiger partial charge on any atom is -0.462 e. The monoisotopic (exact) mass is 264 g/mol. The van der Waals surface area contributed by atoms with Gasteiger partial charge in [0.2, 0.25) is 0 Å². The van der Waals surface area contributed by atoms with Gasteiger partial charge >= 0.3 is 5.97 Å². The third kappa shape index (κ3) is 2.82. The molecule has 0 bridgehead atoms. The SMILES string of the molecule is CCOC(=O)c1c(CC)nn2c1CCC(CC)CC2. The minimum atomic E-state index is -0.199. The van der Waals surface area contributed by atoms with Crippen molar-refractivity contribution in [3.8, 4) is 0 Å². The van der Waals surface area contributed by atoms with Crippen molar-refractivity contribution >= 4 is 5.97 Å². The molecule has 0 fully saturated rings. The molecule has 4 nitrogen and oxygen atoms in total. The quantitative estimate of drug-likeness (QED) is 0.785. The Labute approximate surface area is 115 Å². The molecule has 1 aliphatic rings. The van der Waals surface area contributed by atoms with E-state index in [1.807, 2.05) is 18.5 Å². The highest BCUT2D eigenvalue weighted by Crippen LogP contribution is 2.26. The number of esters is 1. The summed E-state index contributed by atoms with van der Waals surface area (Å²) < 4.78 is 7.24. The van der Waals surface area contributed by atoms with E-state index in [1.54, 1.807) is 0 Å². The molecule has 0 radical (unpaired) electrons. The highest BCUT2D eigenvalue weighted by Gasteiger charge is 2.26. The smallest absolute Gasteiger partial charge is 0.341 e. The van der Waals surface area contributed by atoms with Gasteiger partial charge in [-0.15, -0.1) is 0 Å². The van der Waals surface area contributed by atoms with Crippen LogP contribution < -0.4 is 0 Å². The Morgan fingerprint density at radius 3 is 2.79 bits per heavy atom. The molecule has 106 valence electrons. The van der Waals surface area contributed by atoms with Crippen LogP contribution in [0.25, 0.3) is 0 Å². The zero-order chi connectivity index (χ0) is 13.8. The summed E-state index contributed by atoms with van der Waals surface area (Å²) in [6.07, 6.45) is 5.25. The number of carbonyl (C=O) groups excluding carboxylic acids is 1. The van der Waals surface area contributed by atoms with E-state index in [-0.39, 0.29) is 5.97 Å². The van der Waals surface area contributed by atoms with Crippen LogP contribution in [0.5, 0.6) is 0 Å². The third-order valence-corrected chi connectivity index (χ3v) is 4.06. The number of carbonyl (C=O) groups is 1. The number of ether oxygens (including phenoxy) is 1. The summed E-state index contributed by atoms with van der Waals surface area (Å²) in [6, 6.07) is 0. The van der Waals surface area contributed by atoms with Crippen LogP contribution in [0.1, 0.15) is 61.8 Å². The van der Waals surface area contributed by atoms with Gasteiger partial charge in [-0.1, -0.05) is 20.3 Å². The van der Waals surface area contributed by atoms with Crippen LogP contribution >= 0.6 is 0 Å². The Bertz CT molecular complexity index is 451. The van der Waals surface area contributed by atoms with Crippen LogP contribution in [0.3, 0.4) is 0 Å². The zero-order valence-electron chi connectivity index (χ0n) is 12.2. The second-order valence-electron chi connectivity index (χ2n) is 5.17. The van der Waals surface area contributed by atoms with Crippen molar-refractivity contribution in [1.82, 2.24) is 9.78 Å². The molecule has 0 spiro atoms. The first-order valence-electron chi connectivity index (χ1n) is 7.46. The number of nitrogens with zero attached hydrogens (tertiary/aromatic N) is 2. The third-order valence-electron chi connectivity index (χ3n) is 4.06. The fourth-order valence-electron chi connectivity index (χ4n) is 2.88. The lowest BCUT2D eigenvalue weighted by Gasteiger charge is -2.09. The van der Waals surface area contributed by atoms with E-state index < -0.39 is 0 Å². The van der Waals surface area contributed by atoms with E-state index >= 15 is 0 Å². The molecule has 1 unspecified atom stereocenters. The largest absolute Gasteiger partial charge is 0.462 e. The molecule has 0 aliphatic carbocycles. The van der Waals surface area contributed by atoms with Crippen LogP contribution in [0.2, 0.25) is 0 Å². The summed E-state index contributed by atoms with van der Waals surface area (Å²) >= 11 is 0. The standard InChI is InChI=1S/C15H24N2O2/c1-4-11-7-8-13-14(15(18)19-6-3)12(5-2)16-17(13)10-9-11/h11H,4-10H2,1-3H3. The molecule has 0 N–H and O–H groups in total. The van der Waals surface area contributed by atoms with Gasteiger partial charge in [0.1, 0.15) is 5.56 Å². The predicted octanol–water partition coefficient (Wildman–Crippen LogP) is 2.98. The molecule has 1 aromatic heterocycles. The van der Waals surface area contributed by atoms with Gasteiger partial charge in [0.05, 0.1) is 18.0 Å². The average molecular weight is 264 g/mol. The lowest BCUT2D eigenvalue weighted by Crippen LogP contribution is -2.10. The maximum Gasteiger partial charge on any atom is 0.341 e. The number of fused-ring (bicyclic) bond motifs is 1. The minimum absolute atomic E-state index is 0.199. The zero-order valence-corrected chi connectivity index (χ0v) is 12.2. The van der Waals surface area contributed by atoms with Crippen molar-refractivity contribution in [2.24, 2.45) is 5.92 Å². The van der Waals surface area contributed by atoms with Gasteiger partial charge < -0.3 is 4.74 Å². The average Bonchev–Trinajstić information content (AvgIpc) is 2.65. The van der Waals surface area contributed by atoms with Crippen LogP contribution in [0, 0.1) is 5.92 Å². The summed E-state index contributed by atoms with van der Waals surface area (Å²) in [6.45, 7) is 7.48. The van der Waals surface area contributed by atoms with E-state index in [4.69, 9.17) is 4.74 Å². The Morgan fingerprint density at radius 1 is 1.37 bits per heavy atom. The van der Waals surface area contributed by atoms with Crippen LogP contribution in [0.4, 0.5) is 0 Å². The van der Waals surface area contributed by atoms with Crippen molar-refractivity contribution < 1.29 is 9.53 Å². The molecule has 0 aromatic carbocycles. The molecule has 1 aliphatic heterocycles. The fraction of sp³-hybridized carbons (Fsp3) is 0.733. The lowest BCUT2D eigenvalue weighted by atomic mass is 9.96. The summed E-state index contributed by atoms with van der Waals surface area (Å²) in [5.41, 5.74) is 2.72. The van der Waals surface area contributed by atoms with Crippen molar-refractivity contribution in [3.05, 3.63) is 17.0 Å². The Kier molecular flexibility index (Phi) is 4.61. The van der Waals surface area contributed by atoms with Gasteiger partial charge in [0, 0.05) is 6.54 Å². The van der Waals surface area contributed by atoms with E-state index in [0.29, 0.717) is 6.61 Å². The predicted molar refractivity (Wildman–Crippen MR) is 74.3 cm³/mol. The van der Waals surface area contributed by atoms with Gasteiger partial charge in [0.25, 0.3) is 0 Å². The molecule has 1 atom stereocenters. The van der Waals surface area contributed by atoms with E-state index in [2.05, 4.69) is 12.0 Å². The Morgan fingerprint density at radius 2 is 2.16 bits per heavy atom. The van der Waals surface area contributed by atoms with E-state index in [9.17, 15) is 4.79 Å². The summed E-state index contributed by atoms with van der Waals surface area (Å²) in [4.78, 5) is 12.1. The van der Waals surface area contributed by atoms with Crippen molar-refractivity contribution in [2.75, 3.05) is 6.61 Å². The molecular formula is C15H24N2O2. The first kappa shape index (κ1) is 14.1. The van der Waals surface area contributed by atoms with Gasteiger partial charge in [-0.3, -0.25) is 4.68 Å². The van der Waals surface area contributed by atoms with Gasteiger partial charge in [-0.05, 0) is 38.5 Å². The molecule has 0 amide bonds.